The van der Waals surface area contributed by atoms with Gasteiger partial charge in [-0.1, -0.05) is 31.0 Å². The predicted molar refractivity (Wildman–Crippen MR) is 90.2 cm³/mol. The number of imidazole rings is 1. The molecular weight excluding hydrogens is 268 g/mol. The first-order valence-corrected chi connectivity index (χ1v) is 8.18. The Hall–Kier alpha value is -1.83. The van der Waals surface area contributed by atoms with Crippen molar-refractivity contribution in [2.24, 2.45) is 5.92 Å². The van der Waals surface area contributed by atoms with E-state index in [1.54, 1.807) is 4.57 Å². The Kier molecular flexibility index (Phi) is 2.34. The molecule has 1 atom stereocenters. The van der Waals surface area contributed by atoms with Gasteiger partial charge in [-0.25, -0.2) is 4.57 Å². The van der Waals surface area contributed by atoms with E-state index in [1.165, 1.54) is 0 Å². The molecule has 1 aromatic carbocycles. The molecule has 2 aromatic rings. The summed E-state index contributed by atoms with van der Waals surface area (Å²) in [7, 11) is 0. The van der Waals surface area contributed by atoms with Gasteiger partial charge in [-0.3, -0.25) is 0 Å². The molecule has 4 rings (SSSR count). The lowest BCUT2D eigenvalue weighted by Crippen LogP contribution is -2.43. The molecule has 0 saturated heterocycles. The monoisotopic (exact) mass is 297 g/mol. The third-order valence-electron chi connectivity index (χ3n) is 5.17. The second-order valence-electron chi connectivity index (χ2n) is 6.49. The van der Waals surface area contributed by atoms with Crippen LogP contribution in [-0.2, 0) is 0 Å². The molecule has 1 aromatic heterocycles. The van der Waals surface area contributed by atoms with E-state index in [2.05, 4.69) is 0 Å². The number of hydrogen-bond acceptors (Lipinski definition) is 0. The highest BCUT2D eigenvalue weighted by atomic mass is 15.2. The van der Waals surface area contributed by atoms with Crippen LogP contribution in [0, 0.1) is 26.6 Å². The number of fused-ring (bicyclic) bond motifs is 1. The molecule has 0 bridgehead atoms. The summed E-state index contributed by atoms with van der Waals surface area (Å²) in [6.07, 6.45) is 8.06. The van der Waals surface area contributed by atoms with Crippen LogP contribution in [0.4, 0.5) is 0 Å². The molecule has 2 aliphatic rings. The highest BCUT2D eigenvalue weighted by molar-refractivity contribution is 5.52. The van der Waals surface area contributed by atoms with Crippen LogP contribution in [0.5, 0.6) is 0 Å². The van der Waals surface area contributed by atoms with E-state index in [1.807, 2.05) is 54.8 Å². The number of para-hydroxylation sites is 1. The number of aromatic nitrogens is 2. The number of nitrogens with zero attached hydrogens (tertiary/aromatic N) is 2. The highest BCUT2D eigenvalue weighted by Crippen LogP contribution is 2.36. The minimum absolute atomic E-state index is 0.165. The van der Waals surface area contributed by atoms with Crippen LogP contribution in [0.25, 0.3) is 11.8 Å². The number of rotatable bonds is 2. The topological polar surface area (TPSA) is 8.81 Å². The smallest absolute Gasteiger partial charge is 0.221 e. The molecule has 1 saturated carbocycles. The Morgan fingerprint density at radius 2 is 2.00 bits per heavy atom. The van der Waals surface area contributed by atoms with E-state index in [4.69, 9.17) is 4.11 Å². The fourth-order valence-electron chi connectivity index (χ4n) is 3.99. The Bertz CT molecular complexity index is 888. The number of allylic oxidation sites excluding steroid dienone is 1. The summed E-state index contributed by atoms with van der Waals surface area (Å²) in [5, 5.41) is 0. The standard InChI is InChI=1S/C20H25N2/c1-14-8-4-7-11-18(14)21-15(2)19-12-13-20(22(19)16(21)3)17-9-5-6-10-17/h4,7-8,11-13,17,20H,5-6,9-10H2,1-3H3/q+1/i3D3,20D. The first-order chi connectivity index (χ1) is 12.2. The van der Waals surface area contributed by atoms with Gasteiger partial charge in [0.05, 0.1) is 1.37 Å². The molecule has 114 valence electrons. The maximum absolute atomic E-state index is 9.22. The van der Waals surface area contributed by atoms with Crippen molar-refractivity contribution in [2.45, 2.75) is 52.4 Å². The number of aryl methyl sites for hydroxylation is 1. The van der Waals surface area contributed by atoms with E-state index < -0.39 is 12.9 Å². The molecule has 0 spiro atoms. The normalized spacial score (nSPS) is 27.4. The first kappa shape index (κ1) is 10.0. The Labute approximate surface area is 138 Å². The Balaban J connectivity index is 2.02. The Morgan fingerprint density at radius 3 is 2.73 bits per heavy atom. The van der Waals surface area contributed by atoms with Gasteiger partial charge in [-0.05, 0) is 43.5 Å². The molecule has 2 nitrogen and oxygen atoms in total. The molecule has 2 heteroatoms. The molecule has 0 radical (unpaired) electrons. The summed E-state index contributed by atoms with van der Waals surface area (Å²) in [4.78, 5) is 0. The van der Waals surface area contributed by atoms with E-state index >= 15 is 0 Å². The zero-order valence-electron chi connectivity index (χ0n) is 17.3. The van der Waals surface area contributed by atoms with Crippen molar-refractivity contribution in [3.63, 3.8) is 0 Å². The minimum atomic E-state index is -2.30. The summed E-state index contributed by atoms with van der Waals surface area (Å²) >= 11 is 0. The van der Waals surface area contributed by atoms with E-state index in [9.17, 15) is 1.37 Å². The zero-order chi connectivity index (χ0) is 18.7. The largest absolute Gasteiger partial charge is 0.259 e. The maximum atomic E-state index is 9.22. The average molecular weight is 297 g/mol. The van der Waals surface area contributed by atoms with Crippen LogP contribution >= 0.6 is 0 Å². The fraction of sp³-hybridized carbons (Fsp3) is 0.450. The van der Waals surface area contributed by atoms with Crippen molar-refractivity contribution in [1.29, 1.82) is 0 Å². The minimum Gasteiger partial charge on any atom is -0.221 e. The number of hydrogen-bond donors (Lipinski definition) is 0. The molecule has 1 aliphatic heterocycles. The second kappa shape index (κ2) is 5.12. The molecule has 1 fully saturated rings. The van der Waals surface area contributed by atoms with E-state index in [0.717, 1.165) is 48.3 Å². The van der Waals surface area contributed by atoms with Crippen LogP contribution in [0.15, 0.2) is 30.3 Å². The number of benzene rings is 1. The van der Waals surface area contributed by atoms with Gasteiger partial charge in [-0.2, -0.15) is 4.57 Å². The van der Waals surface area contributed by atoms with Crippen LogP contribution in [0.1, 0.15) is 60.0 Å². The summed E-state index contributed by atoms with van der Waals surface area (Å²) in [5.41, 5.74) is 3.63. The molecule has 1 unspecified atom stereocenters. The third-order valence-corrected chi connectivity index (χ3v) is 5.17. The maximum Gasteiger partial charge on any atom is 0.259 e. The van der Waals surface area contributed by atoms with Gasteiger partial charge < -0.3 is 0 Å². The molecule has 1 aliphatic carbocycles. The summed E-state index contributed by atoms with van der Waals surface area (Å²) < 4.78 is 37.6. The quantitative estimate of drug-likeness (QED) is 0.724. The SMILES string of the molecule is [2H]C([2H])([2H])c1n(-c2ccccc2C)c(C)c2[n+]1C([2H])(C1CCCC1)C=C2. The van der Waals surface area contributed by atoms with Crippen LogP contribution in [0.3, 0.4) is 0 Å². The average Bonchev–Trinajstić information content (AvgIpc) is 3.26. The van der Waals surface area contributed by atoms with Crippen molar-refractivity contribution in [1.82, 2.24) is 4.57 Å². The van der Waals surface area contributed by atoms with Gasteiger partial charge in [0, 0.05) is 23.8 Å². The van der Waals surface area contributed by atoms with Crippen LogP contribution < -0.4 is 4.57 Å². The predicted octanol–water partition coefficient (Wildman–Crippen LogP) is 4.45. The molecule has 0 N–H and O–H groups in total. The van der Waals surface area contributed by atoms with Crippen molar-refractivity contribution in [3.8, 4) is 5.69 Å². The van der Waals surface area contributed by atoms with Crippen molar-refractivity contribution in [3.05, 3.63) is 53.1 Å². The summed E-state index contributed by atoms with van der Waals surface area (Å²) in [5.74, 6) is 0.407. The summed E-state index contributed by atoms with van der Waals surface area (Å²) in [6.45, 7) is 1.65. The van der Waals surface area contributed by atoms with Gasteiger partial charge >= 0.3 is 0 Å². The lowest BCUT2D eigenvalue weighted by Gasteiger charge is -2.16. The van der Waals surface area contributed by atoms with Crippen molar-refractivity contribution in [2.75, 3.05) is 0 Å². The lowest BCUT2D eigenvalue weighted by molar-refractivity contribution is -0.721. The van der Waals surface area contributed by atoms with Crippen LogP contribution in [-0.4, -0.2) is 4.57 Å². The highest BCUT2D eigenvalue weighted by Gasteiger charge is 2.38. The van der Waals surface area contributed by atoms with Gasteiger partial charge in [0.25, 0.3) is 5.82 Å². The van der Waals surface area contributed by atoms with Crippen LogP contribution in [0.2, 0.25) is 0 Å². The van der Waals surface area contributed by atoms with Gasteiger partial charge in [0.15, 0.2) is 11.4 Å². The summed E-state index contributed by atoms with van der Waals surface area (Å²) in [6, 6.07) is 6.84. The third kappa shape index (κ3) is 1.89. The molecule has 0 amide bonds. The Morgan fingerprint density at radius 1 is 1.23 bits per heavy atom. The lowest BCUT2D eigenvalue weighted by atomic mass is 9.99. The first-order valence-electron chi connectivity index (χ1n) is 10.2. The fourth-order valence-corrected chi connectivity index (χ4v) is 3.99. The van der Waals surface area contributed by atoms with Gasteiger partial charge in [0.2, 0.25) is 0 Å². The van der Waals surface area contributed by atoms with E-state index in [-0.39, 0.29) is 11.7 Å². The van der Waals surface area contributed by atoms with E-state index in [0.29, 0.717) is 0 Å². The van der Waals surface area contributed by atoms with Crippen molar-refractivity contribution >= 4 is 6.08 Å². The molecule has 22 heavy (non-hydrogen) atoms. The van der Waals surface area contributed by atoms with Gasteiger partial charge in [-0.15, -0.1) is 0 Å². The molecular formula is C20H25N2+. The van der Waals surface area contributed by atoms with Crippen molar-refractivity contribution < 1.29 is 10.1 Å². The second-order valence-corrected chi connectivity index (χ2v) is 6.49. The molecule has 2 heterocycles. The van der Waals surface area contributed by atoms with Gasteiger partial charge in [0.1, 0.15) is 11.7 Å². The zero-order valence-corrected chi connectivity index (χ0v) is 13.3.